The molecule has 2 aromatic rings. The van der Waals surface area contributed by atoms with E-state index in [-0.39, 0.29) is 12.4 Å². The Morgan fingerprint density at radius 1 is 1.29 bits per heavy atom. The van der Waals surface area contributed by atoms with Crippen molar-refractivity contribution in [1.29, 1.82) is 0 Å². The smallest absolute Gasteiger partial charge is 0.158 e. The number of halogens is 1. The van der Waals surface area contributed by atoms with E-state index in [4.69, 9.17) is 21.1 Å². The number of hydrogen-bond acceptors (Lipinski definition) is 3. The van der Waals surface area contributed by atoms with Crippen molar-refractivity contribution in [3.63, 3.8) is 0 Å². The van der Waals surface area contributed by atoms with Gasteiger partial charge in [-0.2, -0.15) is 0 Å². The molecule has 5 heteroatoms. The van der Waals surface area contributed by atoms with Crippen molar-refractivity contribution in [1.82, 2.24) is 9.55 Å². The van der Waals surface area contributed by atoms with Crippen LogP contribution >= 0.6 is 11.6 Å². The van der Waals surface area contributed by atoms with Gasteiger partial charge in [0.05, 0.1) is 19.0 Å². The van der Waals surface area contributed by atoms with Crippen molar-refractivity contribution in [2.45, 2.75) is 44.8 Å². The van der Waals surface area contributed by atoms with Crippen LogP contribution < -0.4 is 0 Å². The van der Waals surface area contributed by atoms with Gasteiger partial charge in [-0.25, -0.2) is 4.98 Å². The molecule has 0 bridgehead atoms. The second kappa shape index (κ2) is 7.07. The Morgan fingerprint density at radius 2 is 2.14 bits per heavy atom. The van der Waals surface area contributed by atoms with E-state index in [9.17, 15) is 0 Å². The van der Waals surface area contributed by atoms with E-state index in [1.165, 1.54) is 0 Å². The molecule has 0 aliphatic carbocycles. The van der Waals surface area contributed by atoms with Crippen molar-refractivity contribution in [3.8, 4) is 0 Å². The number of nitrogens with zero attached hydrogens (tertiary/aromatic N) is 2. The molecule has 0 N–H and O–H groups in total. The van der Waals surface area contributed by atoms with Crippen LogP contribution in [0, 0.1) is 0 Å². The van der Waals surface area contributed by atoms with Gasteiger partial charge in [0, 0.05) is 24.0 Å². The van der Waals surface area contributed by atoms with Crippen molar-refractivity contribution < 1.29 is 9.47 Å². The van der Waals surface area contributed by atoms with Gasteiger partial charge in [-0.3, -0.25) is 0 Å². The van der Waals surface area contributed by atoms with Crippen LogP contribution in [-0.4, -0.2) is 21.9 Å². The highest BCUT2D eigenvalue weighted by Gasteiger charge is 2.23. The highest BCUT2D eigenvalue weighted by Crippen LogP contribution is 2.22. The Morgan fingerprint density at radius 3 is 2.90 bits per heavy atom. The molecule has 0 spiro atoms. The predicted molar refractivity (Wildman–Crippen MR) is 81.0 cm³/mol. The predicted octanol–water partition coefficient (Wildman–Crippen LogP) is 3.65. The Hall–Kier alpha value is -1.36. The third-order valence-corrected chi connectivity index (χ3v) is 3.88. The lowest BCUT2D eigenvalue weighted by Gasteiger charge is -2.30. The summed E-state index contributed by atoms with van der Waals surface area (Å²) in [6, 6.07) is 7.72. The maximum Gasteiger partial charge on any atom is 0.158 e. The minimum atomic E-state index is -0.122. The summed E-state index contributed by atoms with van der Waals surface area (Å²) >= 11 is 5.87. The third kappa shape index (κ3) is 4.30. The van der Waals surface area contributed by atoms with Crippen LogP contribution in [0.4, 0.5) is 0 Å². The van der Waals surface area contributed by atoms with Crippen LogP contribution in [-0.2, 0) is 22.6 Å². The molecule has 4 nitrogen and oxygen atoms in total. The van der Waals surface area contributed by atoms with E-state index in [2.05, 4.69) is 4.98 Å². The minimum absolute atomic E-state index is 0.122. The molecule has 0 radical (unpaired) electrons. The van der Waals surface area contributed by atoms with E-state index >= 15 is 0 Å². The molecule has 2 heterocycles. The van der Waals surface area contributed by atoms with Crippen LogP contribution in [0.3, 0.4) is 0 Å². The average Bonchev–Trinajstić information content (AvgIpc) is 3.00. The van der Waals surface area contributed by atoms with Crippen molar-refractivity contribution in [3.05, 3.63) is 53.6 Å². The monoisotopic (exact) mass is 306 g/mol. The molecule has 1 aromatic carbocycles. The van der Waals surface area contributed by atoms with Crippen LogP contribution in [0.2, 0.25) is 5.02 Å². The molecule has 2 atom stereocenters. The third-order valence-electron chi connectivity index (χ3n) is 3.63. The highest BCUT2D eigenvalue weighted by atomic mass is 35.5. The topological polar surface area (TPSA) is 36.3 Å². The molecular weight excluding hydrogens is 288 g/mol. The molecular formula is C16H19ClN2O2. The lowest BCUT2D eigenvalue weighted by molar-refractivity contribution is -0.201. The van der Waals surface area contributed by atoms with Crippen LogP contribution in [0.15, 0.2) is 43.0 Å². The zero-order valence-corrected chi connectivity index (χ0v) is 12.6. The van der Waals surface area contributed by atoms with Crippen molar-refractivity contribution >= 4 is 11.6 Å². The SMILES string of the molecule is Clc1ccc(COC2CCCC(Cn3ccnc3)O2)cc1. The summed E-state index contributed by atoms with van der Waals surface area (Å²) in [5.41, 5.74) is 1.11. The van der Waals surface area contributed by atoms with E-state index in [1.807, 2.05) is 41.4 Å². The quantitative estimate of drug-likeness (QED) is 0.846. The highest BCUT2D eigenvalue weighted by molar-refractivity contribution is 6.30. The average molecular weight is 307 g/mol. The van der Waals surface area contributed by atoms with Gasteiger partial charge in [0.15, 0.2) is 6.29 Å². The van der Waals surface area contributed by atoms with Crippen LogP contribution in [0.5, 0.6) is 0 Å². The second-order valence-electron chi connectivity index (χ2n) is 5.32. The summed E-state index contributed by atoms with van der Waals surface area (Å²) in [4.78, 5) is 4.06. The molecule has 112 valence electrons. The zero-order chi connectivity index (χ0) is 14.5. The van der Waals surface area contributed by atoms with Crippen LogP contribution in [0.1, 0.15) is 24.8 Å². The van der Waals surface area contributed by atoms with Gasteiger partial charge in [-0.1, -0.05) is 23.7 Å². The van der Waals surface area contributed by atoms with Crippen molar-refractivity contribution in [2.24, 2.45) is 0 Å². The van der Waals surface area contributed by atoms with Gasteiger partial charge >= 0.3 is 0 Å². The van der Waals surface area contributed by atoms with Gasteiger partial charge < -0.3 is 14.0 Å². The fraction of sp³-hybridized carbons (Fsp3) is 0.438. The molecule has 1 aromatic heterocycles. The van der Waals surface area contributed by atoms with E-state index in [1.54, 1.807) is 6.20 Å². The summed E-state index contributed by atoms with van der Waals surface area (Å²) in [5.74, 6) is 0. The van der Waals surface area contributed by atoms with E-state index in [0.29, 0.717) is 6.61 Å². The van der Waals surface area contributed by atoms with Gasteiger partial charge in [-0.05, 0) is 37.0 Å². The van der Waals surface area contributed by atoms with Crippen molar-refractivity contribution in [2.75, 3.05) is 0 Å². The van der Waals surface area contributed by atoms with Gasteiger partial charge in [-0.15, -0.1) is 0 Å². The summed E-state index contributed by atoms with van der Waals surface area (Å²) in [6.45, 7) is 1.39. The molecule has 1 saturated heterocycles. The zero-order valence-electron chi connectivity index (χ0n) is 11.8. The Kier molecular flexibility index (Phi) is 4.91. The summed E-state index contributed by atoms with van der Waals surface area (Å²) in [6.07, 6.45) is 8.80. The molecule has 1 fully saturated rings. The first kappa shape index (κ1) is 14.6. The number of benzene rings is 1. The fourth-order valence-electron chi connectivity index (χ4n) is 2.52. The normalized spacial score (nSPS) is 22.3. The molecule has 0 saturated carbocycles. The Labute approximate surface area is 129 Å². The first-order chi connectivity index (χ1) is 10.3. The minimum Gasteiger partial charge on any atom is -0.348 e. The van der Waals surface area contributed by atoms with E-state index < -0.39 is 0 Å². The first-order valence-corrected chi connectivity index (χ1v) is 7.64. The first-order valence-electron chi connectivity index (χ1n) is 7.27. The maximum atomic E-state index is 6.01. The van der Waals surface area contributed by atoms with Gasteiger partial charge in [0.25, 0.3) is 0 Å². The molecule has 21 heavy (non-hydrogen) atoms. The molecule has 1 aliphatic heterocycles. The molecule has 3 rings (SSSR count). The Balaban J connectivity index is 1.48. The number of ether oxygens (including phenoxy) is 2. The van der Waals surface area contributed by atoms with Crippen LogP contribution in [0.25, 0.3) is 0 Å². The summed E-state index contributed by atoms with van der Waals surface area (Å²) in [5, 5.41) is 0.744. The molecule has 1 aliphatic rings. The number of rotatable bonds is 5. The summed E-state index contributed by atoms with van der Waals surface area (Å²) in [7, 11) is 0. The maximum absolute atomic E-state index is 6.01. The summed E-state index contributed by atoms with van der Waals surface area (Å²) < 4.78 is 13.9. The largest absolute Gasteiger partial charge is 0.348 e. The Bertz CT molecular complexity index is 542. The number of imidazole rings is 1. The van der Waals surface area contributed by atoms with Gasteiger partial charge in [0.1, 0.15) is 0 Å². The number of hydrogen-bond donors (Lipinski definition) is 0. The van der Waals surface area contributed by atoms with Gasteiger partial charge in [0.2, 0.25) is 0 Å². The molecule has 2 unspecified atom stereocenters. The lowest BCUT2D eigenvalue weighted by atomic mass is 10.1. The second-order valence-corrected chi connectivity index (χ2v) is 5.75. The fourth-order valence-corrected chi connectivity index (χ4v) is 2.65. The number of aromatic nitrogens is 2. The molecule has 0 amide bonds. The van der Waals surface area contributed by atoms with E-state index in [0.717, 1.165) is 36.4 Å². The standard InChI is InChI=1S/C16H19ClN2O2/c17-14-6-4-13(5-7-14)11-20-16-3-1-2-15(21-16)10-19-9-8-18-12-19/h4-9,12,15-16H,1-3,10-11H2. The lowest BCUT2D eigenvalue weighted by Crippen LogP contribution is -2.32.